The van der Waals surface area contributed by atoms with Crippen molar-refractivity contribution in [2.45, 2.75) is 25.4 Å². The van der Waals surface area contributed by atoms with E-state index >= 15 is 0 Å². The van der Waals surface area contributed by atoms with E-state index in [1.165, 1.54) is 0 Å². The highest BCUT2D eigenvalue weighted by molar-refractivity contribution is 9.10. The van der Waals surface area contributed by atoms with Gasteiger partial charge in [0.15, 0.2) is 0 Å². The van der Waals surface area contributed by atoms with Crippen LogP contribution in [0.4, 0.5) is 0 Å². The van der Waals surface area contributed by atoms with E-state index in [0.717, 1.165) is 36.5 Å². The molecule has 0 aromatic carbocycles. The van der Waals surface area contributed by atoms with E-state index in [2.05, 4.69) is 39.8 Å². The molecule has 0 spiro atoms. The van der Waals surface area contributed by atoms with E-state index in [9.17, 15) is 0 Å². The number of hydrogen-bond donors (Lipinski definition) is 1. The van der Waals surface area contributed by atoms with Gasteiger partial charge in [0.05, 0.1) is 35.6 Å². The van der Waals surface area contributed by atoms with E-state index in [-0.39, 0.29) is 11.6 Å². The van der Waals surface area contributed by atoms with E-state index in [4.69, 9.17) is 10.5 Å². The van der Waals surface area contributed by atoms with Gasteiger partial charge in [0.25, 0.3) is 0 Å². The van der Waals surface area contributed by atoms with E-state index in [0.29, 0.717) is 0 Å². The Hall–Kier alpha value is -0.430. The summed E-state index contributed by atoms with van der Waals surface area (Å²) in [5.74, 6) is 0. The molecule has 2 rings (SSSR count). The standard InChI is InChI=1S/C12H21BrN4O/c1-12(2,17-4-6-18-7-5-17)11(14)10-9(13)8-15-16(10)3/h8,11H,4-7,14H2,1-3H3. The predicted octanol–water partition coefficient (Wildman–Crippen LogP) is 1.29. The van der Waals surface area contributed by atoms with Crippen molar-refractivity contribution in [2.24, 2.45) is 12.8 Å². The van der Waals surface area contributed by atoms with Gasteiger partial charge in [-0.25, -0.2) is 0 Å². The highest BCUT2D eigenvalue weighted by Gasteiger charge is 2.37. The number of ether oxygens (including phenoxy) is 1. The molecule has 0 aliphatic carbocycles. The average molecular weight is 317 g/mol. The van der Waals surface area contributed by atoms with Crippen LogP contribution in [0, 0.1) is 0 Å². The number of aryl methyl sites for hydroxylation is 1. The van der Waals surface area contributed by atoms with Gasteiger partial charge in [0.1, 0.15) is 0 Å². The molecule has 1 aromatic heterocycles. The van der Waals surface area contributed by atoms with Gasteiger partial charge in [-0.15, -0.1) is 0 Å². The zero-order chi connectivity index (χ0) is 13.3. The number of rotatable bonds is 3. The Morgan fingerprint density at radius 1 is 1.44 bits per heavy atom. The van der Waals surface area contributed by atoms with E-state index in [1.54, 1.807) is 6.20 Å². The third-order valence-electron chi connectivity index (χ3n) is 3.82. The Bertz CT molecular complexity index is 393. The predicted molar refractivity (Wildman–Crippen MR) is 74.3 cm³/mol. The molecule has 1 unspecified atom stereocenters. The summed E-state index contributed by atoms with van der Waals surface area (Å²) in [5.41, 5.74) is 7.39. The Kier molecular flexibility index (Phi) is 4.11. The summed E-state index contributed by atoms with van der Waals surface area (Å²) in [7, 11) is 1.93. The van der Waals surface area contributed by atoms with Gasteiger partial charge >= 0.3 is 0 Å². The summed E-state index contributed by atoms with van der Waals surface area (Å²) >= 11 is 3.53. The first-order chi connectivity index (χ1) is 8.44. The molecule has 2 heterocycles. The number of aromatic nitrogens is 2. The second-order valence-electron chi connectivity index (χ2n) is 5.23. The topological polar surface area (TPSA) is 56.3 Å². The Morgan fingerprint density at radius 2 is 2.06 bits per heavy atom. The fourth-order valence-electron chi connectivity index (χ4n) is 2.44. The lowest BCUT2D eigenvalue weighted by Gasteiger charge is -2.44. The van der Waals surface area contributed by atoms with Crippen LogP contribution in [0.15, 0.2) is 10.7 Å². The lowest BCUT2D eigenvalue weighted by molar-refractivity contribution is -0.0199. The van der Waals surface area contributed by atoms with E-state index < -0.39 is 0 Å². The number of morpholine rings is 1. The molecule has 0 bridgehead atoms. The normalized spacial score (nSPS) is 20.1. The van der Waals surface area contributed by atoms with Crippen molar-refractivity contribution in [3.8, 4) is 0 Å². The number of hydrogen-bond acceptors (Lipinski definition) is 4. The highest BCUT2D eigenvalue weighted by atomic mass is 79.9. The zero-order valence-corrected chi connectivity index (χ0v) is 12.8. The van der Waals surface area contributed by atoms with Crippen LogP contribution in [0.25, 0.3) is 0 Å². The minimum Gasteiger partial charge on any atom is -0.379 e. The van der Waals surface area contributed by atoms with Gasteiger partial charge in [0.2, 0.25) is 0 Å². The minimum atomic E-state index is -0.125. The van der Waals surface area contributed by atoms with Crippen LogP contribution in [-0.4, -0.2) is 46.5 Å². The van der Waals surface area contributed by atoms with Crippen molar-refractivity contribution >= 4 is 15.9 Å². The molecule has 1 aliphatic heterocycles. The fraction of sp³-hybridized carbons (Fsp3) is 0.750. The first-order valence-corrected chi connectivity index (χ1v) is 6.99. The first-order valence-electron chi connectivity index (χ1n) is 6.20. The zero-order valence-electron chi connectivity index (χ0n) is 11.2. The lowest BCUT2D eigenvalue weighted by Crippen LogP contribution is -2.55. The molecule has 0 amide bonds. The smallest absolute Gasteiger partial charge is 0.0708 e. The Morgan fingerprint density at radius 3 is 2.56 bits per heavy atom. The summed E-state index contributed by atoms with van der Waals surface area (Å²) in [5, 5.41) is 4.24. The van der Waals surface area contributed by atoms with Crippen LogP contribution in [0.1, 0.15) is 25.6 Å². The van der Waals surface area contributed by atoms with Crippen molar-refractivity contribution in [2.75, 3.05) is 26.3 Å². The van der Waals surface area contributed by atoms with E-state index in [1.807, 2.05) is 11.7 Å². The average Bonchev–Trinajstić information content (AvgIpc) is 2.69. The van der Waals surface area contributed by atoms with Gasteiger partial charge in [-0.05, 0) is 29.8 Å². The SMILES string of the molecule is Cn1ncc(Br)c1C(N)C(C)(C)N1CCOCC1. The van der Waals surface area contributed by atoms with Crippen molar-refractivity contribution in [3.63, 3.8) is 0 Å². The highest BCUT2D eigenvalue weighted by Crippen LogP contribution is 2.33. The number of nitrogens with zero attached hydrogens (tertiary/aromatic N) is 3. The molecule has 6 heteroatoms. The van der Waals surface area contributed by atoms with Crippen LogP contribution in [0.3, 0.4) is 0 Å². The quantitative estimate of drug-likeness (QED) is 0.913. The van der Waals surface area contributed by atoms with Crippen molar-refractivity contribution in [1.82, 2.24) is 14.7 Å². The molecule has 5 nitrogen and oxygen atoms in total. The molecular weight excluding hydrogens is 296 g/mol. The number of halogens is 1. The monoisotopic (exact) mass is 316 g/mol. The van der Waals surface area contributed by atoms with Gasteiger partial charge in [-0.1, -0.05) is 0 Å². The Balaban J connectivity index is 2.23. The molecule has 0 radical (unpaired) electrons. The second-order valence-corrected chi connectivity index (χ2v) is 6.09. The van der Waals surface area contributed by atoms with Crippen molar-refractivity contribution in [3.05, 3.63) is 16.4 Å². The molecule has 1 fully saturated rings. The molecule has 102 valence electrons. The van der Waals surface area contributed by atoms with Gasteiger partial charge in [-0.3, -0.25) is 9.58 Å². The van der Waals surface area contributed by atoms with Crippen molar-refractivity contribution < 1.29 is 4.74 Å². The van der Waals surface area contributed by atoms with Crippen LogP contribution in [-0.2, 0) is 11.8 Å². The molecule has 1 aromatic rings. The summed E-state index contributed by atoms with van der Waals surface area (Å²) in [6, 6.07) is -0.0996. The molecule has 1 aliphatic rings. The molecule has 1 atom stereocenters. The maximum Gasteiger partial charge on any atom is 0.0708 e. The van der Waals surface area contributed by atoms with Crippen LogP contribution in [0.2, 0.25) is 0 Å². The van der Waals surface area contributed by atoms with Gasteiger partial charge < -0.3 is 10.5 Å². The third-order valence-corrected chi connectivity index (χ3v) is 4.43. The number of nitrogens with two attached hydrogens (primary N) is 1. The maximum atomic E-state index is 6.48. The largest absolute Gasteiger partial charge is 0.379 e. The molecule has 0 saturated carbocycles. The maximum absolute atomic E-state index is 6.48. The van der Waals surface area contributed by atoms with Crippen LogP contribution >= 0.6 is 15.9 Å². The van der Waals surface area contributed by atoms with Gasteiger partial charge in [0, 0.05) is 25.7 Å². The summed E-state index contributed by atoms with van der Waals surface area (Å²) < 4.78 is 8.22. The third kappa shape index (κ3) is 2.47. The minimum absolute atomic E-state index is 0.0996. The fourth-order valence-corrected chi connectivity index (χ4v) is 3.04. The molecular formula is C12H21BrN4O. The second kappa shape index (κ2) is 5.28. The molecule has 2 N–H and O–H groups in total. The summed E-state index contributed by atoms with van der Waals surface area (Å²) in [6.07, 6.45) is 1.80. The van der Waals surface area contributed by atoms with Crippen molar-refractivity contribution in [1.29, 1.82) is 0 Å². The molecule has 1 saturated heterocycles. The molecule has 18 heavy (non-hydrogen) atoms. The van der Waals surface area contributed by atoms with Crippen LogP contribution in [0.5, 0.6) is 0 Å². The van der Waals surface area contributed by atoms with Crippen LogP contribution < -0.4 is 5.73 Å². The first kappa shape index (κ1) is 14.0. The van der Waals surface area contributed by atoms with Gasteiger partial charge in [-0.2, -0.15) is 5.10 Å². The summed E-state index contributed by atoms with van der Waals surface area (Å²) in [4.78, 5) is 2.39. The lowest BCUT2D eigenvalue weighted by atomic mass is 9.90. The Labute approximate surface area is 116 Å². The summed E-state index contributed by atoms with van der Waals surface area (Å²) in [6.45, 7) is 7.78.